The van der Waals surface area contributed by atoms with E-state index < -0.39 is 17.4 Å². The van der Waals surface area contributed by atoms with E-state index in [4.69, 9.17) is 21.4 Å². The standard InChI is InChI=1S/C24H29ClFN3O4/c1-3-4-5-6-17(25)20-21-16(13-18(26)22(20)28-11-9-27(2)10-12-28)23(30)19(33-24(31)32)14-29(21)15-7-8-15/h6,13-15H,3-5,7-12H2,1-2H3,(H,31,32)/b17-6+. The quantitative estimate of drug-likeness (QED) is 0.444. The average molecular weight is 478 g/mol. The van der Waals surface area contributed by atoms with Crippen LogP contribution in [0.4, 0.5) is 14.9 Å². The molecule has 0 spiro atoms. The number of fused-ring (bicyclic) bond motifs is 1. The highest BCUT2D eigenvalue weighted by Gasteiger charge is 2.31. The molecule has 2 aliphatic rings. The lowest BCUT2D eigenvalue weighted by Crippen LogP contribution is -2.45. The van der Waals surface area contributed by atoms with Crippen molar-refractivity contribution in [2.45, 2.75) is 45.1 Å². The third kappa shape index (κ3) is 4.87. The topological polar surface area (TPSA) is 75.0 Å². The SMILES string of the molecule is CCCC/C=C(/Cl)c1c(N2CCN(C)CC2)c(F)cc2c(=O)c(OC(=O)O)cn(C3CC3)c12. The number of aromatic nitrogens is 1. The Morgan fingerprint density at radius 3 is 2.61 bits per heavy atom. The van der Waals surface area contributed by atoms with Crippen LogP contribution in [0.3, 0.4) is 0 Å². The first-order valence-electron chi connectivity index (χ1n) is 11.4. The summed E-state index contributed by atoms with van der Waals surface area (Å²) in [7, 11) is 2.03. The van der Waals surface area contributed by atoms with E-state index in [1.807, 2.05) is 22.6 Å². The van der Waals surface area contributed by atoms with Gasteiger partial charge in [0.15, 0.2) is 5.75 Å². The van der Waals surface area contributed by atoms with Gasteiger partial charge in [0.2, 0.25) is 5.43 Å². The van der Waals surface area contributed by atoms with Crippen molar-refractivity contribution in [3.05, 3.63) is 39.9 Å². The zero-order valence-electron chi connectivity index (χ0n) is 18.9. The number of nitrogens with zero attached hydrogens (tertiary/aromatic N) is 3. The molecule has 33 heavy (non-hydrogen) atoms. The molecule has 1 saturated heterocycles. The number of pyridine rings is 1. The fourth-order valence-electron chi connectivity index (χ4n) is 4.36. The highest BCUT2D eigenvalue weighted by Crippen LogP contribution is 2.44. The van der Waals surface area contributed by atoms with Gasteiger partial charge < -0.3 is 24.2 Å². The van der Waals surface area contributed by atoms with Crippen molar-refractivity contribution in [1.82, 2.24) is 9.47 Å². The maximum Gasteiger partial charge on any atom is 0.511 e. The van der Waals surface area contributed by atoms with Gasteiger partial charge in [-0.2, -0.15) is 0 Å². The van der Waals surface area contributed by atoms with Crippen molar-refractivity contribution >= 4 is 39.4 Å². The second-order valence-corrected chi connectivity index (χ2v) is 9.20. The molecule has 0 atom stereocenters. The molecule has 1 aromatic carbocycles. The van der Waals surface area contributed by atoms with Gasteiger partial charge in [0, 0.05) is 42.8 Å². The number of carboxylic acid groups (broad SMARTS) is 1. The van der Waals surface area contributed by atoms with Crippen LogP contribution in [0.15, 0.2) is 23.1 Å². The summed E-state index contributed by atoms with van der Waals surface area (Å²) in [5, 5.41) is 9.56. The molecule has 7 nitrogen and oxygen atoms in total. The number of piperazine rings is 1. The predicted octanol–water partition coefficient (Wildman–Crippen LogP) is 5.05. The highest BCUT2D eigenvalue weighted by atomic mass is 35.5. The number of unbranched alkanes of at least 4 members (excludes halogenated alkanes) is 2. The molecule has 1 aliphatic carbocycles. The minimum Gasteiger partial charge on any atom is -0.449 e. The number of benzene rings is 1. The average Bonchev–Trinajstić information content (AvgIpc) is 3.61. The molecule has 0 radical (unpaired) electrons. The first-order valence-corrected chi connectivity index (χ1v) is 11.8. The van der Waals surface area contributed by atoms with Crippen molar-refractivity contribution in [1.29, 1.82) is 0 Å². The molecule has 1 saturated carbocycles. The second kappa shape index (κ2) is 9.73. The van der Waals surface area contributed by atoms with Crippen molar-refractivity contribution < 1.29 is 19.0 Å². The van der Waals surface area contributed by atoms with Gasteiger partial charge in [-0.3, -0.25) is 4.79 Å². The smallest absolute Gasteiger partial charge is 0.449 e. The number of halogens is 2. The summed E-state index contributed by atoms with van der Waals surface area (Å²) in [5.74, 6) is -0.873. The summed E-state index contributed by atoms with van der Waals surface area (Å²) in [6.07, 6.45) is 6.18. The lowest BCUT2D eigenvalue weighted by Gasteiger charge is -2.36. The van der Waals surface area contributed by atoms with E-state index in [9.17, 15) is 9.59 Å². The lowest BCUT2D eigenvalue weighted by atomic mass is 10.0. The Bertz CT molecular complexity index is 1150. The molecule has 2 heterocycles. The maximum absolute atomic E-state index is 15.7. The van der Waals surface area contributed by atoms with E-state index in [0.29, 0.717) is 34.9 Å². The minimum atomic E-state index is -1.58. The van der Waals surface area contributed by atoms with Crippen LogP contribution in [0.2, 0.25) is 0 Å². The third-order valence-electron chi connectivity index (χ3n) is 6.29. The van der Waals surface area contributed by atoms with Crippen LogP contribution in [0.25, 0.3) is 15.9 Å². The third-order valence-corrected chi connectivity index (χ3v) is 6.63. The van der Waals surface area contributed by atoms with Gasteiger partial charge in [-0.05, 0) is 32.4 Å². The molecule has 1 N–H and O–H groups in total. The van der Waals surface area contributed by atoms with E-state index in [-0.39, 0.29) is 17.2 Å². The summed E-state index contributed by atoms with van der Waals surface area (Å²) in [6.45, 7) is 4.94. The van der Waals surface area contributed by atoms with Gasteiger partial charge >= 0.3 is 6.16 Å². The van der Waals surface area contributed by atoms with Crippen LogP contribution in [-0.4, -0.2) is 54.0 Å². The second-order valence-electron chi connectivity index (χ2n) is 8.79. The first-order chi connectivity index (χ1) is 15.8. The lowest BCUT2D eigenvalue weighted by molar-refractivity contribution is 0.143. The number of hydrogen-bond acceptors (Lipinski definition) is 5. The number of anilines is 1. The number of likely N-dealkylation sites (N-methyl/N-ethyl adjacent to an activating group) is 1. The summed E-state index contributed by atoms with van der Waals surface area (Å²) in [4.78, 5) is 28.4. The predicted molar refractivity (Wildman–Crippen MR) is 128 cm³/mol. The molecule has 4 rings (SSSR count). The normalized spacial score (nSPS) is 17.6. The number of allylic oxidation sites excluding steroid dienone is 1. The van der Waals surface area contributed by atoms with Gasteiger partial charge in [-0.15, -0.1) is 0 Å². The van der Waals surface area contributed by atoms with Gasteiger partial charge in [0.05, 0.1) is 22.8 Å². The Hall–Kier alpha value is -2.58. The Morgan fingerprint density at radius 2 is 2.00 bits per heavy atom. The first kappa shape index (κ1) is 23.6. The Balaban J connectivity index is 2.01. The molecule has 2 fully saturated rings. The molecule has 9 heteroatoms. The molecular formula is C24H29ClFN3O4. The van der Waals surface area contributed by atoms with Gasteiger partial charge in [0.1, 0.15) is 5.82 Å². The van der Waals surface area contributed by atoms with Crippen LogP contribution in [0.1, 0.15) is 50.6 Å². The van der Waals surface area contributed by atoms with Crippen molar-refractivity contribution in [3.63, 3.8) is 0 Å². The van der Waals surface area contributed by atoms with E-state index in [0.717, 1.165) is 45.2 Å². The summed E-state index contributed by atoms with van der Waals surface area (Å²) >= 11 is 6.84. The van der Waals surface area contributed by atoms with Crippen molar-refractivity contribution in [2.24, 2.45) is 0 Å². The molecule has 0 bridgehead atoms. The number of carbonyl (C=O) groups is 1. The fourth-order valence-corrected chi connectivity index (χ4v) is 4.65. The molecule has 2 aromatic rings. The van der Waals surface area contributed by atoms with Gasteiger partial charge in [-0.25, -0.2) is 9.18 Å². The molecule has 0 unspecified atom stereocenters. The van der Waals surface area contributed by atoms with Crippen LogP contribution < -0.4 is 15.1 Å². The molecule has 1 aromatic heterocycles. The number of rotatable bonds is 7. The maximum atomic E-state index is 15.7. The van der Waals surface area contributed by atoms with Crippen molar-refractivity contribution in [2.75, 3.05) is 38.1 Å². The summed E-state index contributed by atoms with van der Waals surface area (Å²) in [6, 6.07) is 1.28. The summed E-state index contributed by atoms with van der Waals surface area (Å²) < 4.78 is 22.3. The zero-order valence-corrected chi connectivity index (χ0v) is 19.7. The van der Waals surface area contributed by atoms with E-state index >= 15 is 4.39 Å². The van der Waals surface area contributed by atoms with Gasteiger partial charge in [0.25, 0.3) is 0 Å². The number of hydrogen-bond donors (Lipinski definition) is 1. The molecular weight excluding hydrogens is 449 g/mol. The van der Waals surface area contributed by atoms with E-state index in [1.165, 1.54) is 12.3 Å². The Labute approximate surface area is 197 Å². The Morgan fingerprint density at radius 1 is 1.30 bits per heavy atom. The van der Waals surface area contributed by atoms with E-state index in [1.54, 1.807) is 0 Å². The zero-order chi connectivity index (χ0) is 23.7. The highest BCUT2D eigenvalue weighted by molar-refractivity contribution is 6.50. The largest absolute Gasteiger partial charge is 0.511 e. The van der Waals surface area contributed by atoms with Crippen LogP contribution in [0, 0.1) is 5.82 Å². The fraction of sp³-hybridized carbons (Fsp3) is 0.500. The van der Waals surface area contributed by atoms with E-state index in [2.05, 4.69) is 11.8 Å². The van der Waals surface area contributed by atoms with Crippen molar-refractivity contribution in [3.8, 4) is 5.75 Å². The molecule has 178 valence electrons. The van der Waals surface area contributed by atoms with Crippen LogP contribution >= 0.6 is 11.6 Å². The minimum absolute atomic E-state index is 0.0769. The summed E-state index contributed by atoms with van der Waals surface area (Å²) in [5.41, 5.74) is 0.771. The van der Waals surface area contributed by atoms with Crippen LogP contribution in [0.5, 0.6) is 5.75 Å². The number of ether oxygens (including phenoxy) is 1. The molecule has 1 aliphatic heterocycles. The van der Waals surface area contributed by atoms with Crippen LogP contribution in [-0.2, 0) is 0 Å². The molecule has 0 amide bonds. The Kier molecular flexibility index (Phi) is 6.95. The monoisotopic (exact) mass is 477 g/mol. The van der Waals surface area contributed by atoms with Gasteiger partial charge in [-0.1, -0.05) is 37.4 Å².